The lowest BCUT2D eigenvalue weighted by Gasteiger charge is -2.13. The number of carbonyl (C=O) groups excluding carboxylic acids is 1. The molecule has 6 nitrogen and oxygen atoms in total. The molecule has 0 atom stereocenters. The summed E-state index contributed by atoms with van der Waals surface area (Å²) in [6.45, 7) is 4.49. The Bertz CT molecular complexity index is 945. The number of hydrogen-bond donors (Lipinski definition) is 2. The molecule has 6 heteroatoms. The Morgan fingerprint density at radius 3 is 2.73 bits per heavy atom. The minimum absolute atomic E-state index is 0.0491. The fourth-order valence-electron chi connectivity index (χ4n) is 3.06. The van der Waals surface area contributed by atoms with Gasteiger partial charge in [-0.05, 0) is 38.7 Å². The normalized spacial score (nSPS) is 15.0. The Morgan fingerprint density at radius 1 is 1.23 bits per heavy atom. The number of rotatable bonds is 6. The van der Waals surface area contributed by atoms with Gasteiger partial charge >= 0.3 is 0 Å². The summed E-state index contributed by atoms with van der Waals surface area (Å²) in [5, 5.41) is 7.09. The van der Waals surface area contributed by atoms with E-state index in [0.717, 1.165) is 19.3 Å². The summed E-state index contributed by atoms with van der Waals surface area (Å²) in [5.41, 5.74) is 2.19. The summed E-state index contributed by atoms with van der Waals surface area (Å²) in [6.07, 6.45) is 4.43. The molecule has 4 rings (SSSR count). The highest BCUT2D eigenvalue weighted by atomic mass is 16.3. The van der Waals surface area contributed by atoms with Crippen LogP contribution < -0.4 is 10.6 Å². The van der Waals surface area contributed by atoms with Crippen LogP contribution in [0.4, 0.5) is 5.82 Å². The van der Waals surface area contributed by atoms with Gasteiger partial charge in [-0.1, -0.05) is 30.3 Å². The van der Waals surface area contributed by atoms with Crippen LogP contribution in [0.1, 0.15) is 41.4 Å². The average molecular weight is 350 g/mol. The van der Waals surface area contributed by atoms with Gasteiger partial charge in [-0.3, -0.25) is 4.79 Å². The maximum atomic E-state index is 12.8. The zero-order valence-corrected chi connectivity index (χ0v) is 15.0. The van der Waals surface area contributed by atoms with Crippen molar-refractivity contribution in [1.29, 1.82) is 0 Å². The Hall–Kier alpha value is -2.89. The second kappa shape index (κ2) is 6.44. The summed E-state index contributed by atoms with van der Waals surface area (Å²) in [5.74, 6) is 1.07. The molecule has 0 spiro atoms. The number of anilines is 1. The number of carbonyl (C=O) groups is 1. The molecule has 0 radical (unpaired) electrons. The van der Waals surface area contributed by atoms with E-state index in [1.165, 1.54) is 11.9 Å². The number of nitrogens with zero attached hydrogens (tertiary/aromatic N) is 2. The fourth-order valence-corrected chi connectivity index (χ4v) is 3.06. The van der Waals surface area contributed by atoms with Gasteiger partial charge in [-0.25, -0.2) is 9.97 Å². The third-order valence-corrected chi connectivity index (χ3v) is 4.85. The van der Waals surface area contributed by atoms with Crippen molar-refractivity contribution in [3.63, 3.8) is 0 Å². The van der Waals surface area contributed by atoms with E-state index in [1.807, 2.05) is 18.2 Å². The van der Waals surface area contributed by atoms with Gasteiger partial charge in [-0.2, -0.15) is 0 Å². The van der Waals surface area contributed by atoms with Gasteiger partial charge in [0, 0.05) is 12.1 Å². The summed E-state index contributed by atoms with van der Waals surface area (Å²) < 4.78 is 5.71. The topological polar surface area (TPSA) is 80.1 Å². The summed E-state index contributed by atoms with van der Waals surface area (Å²) in [7, 11) is 0. The molecule has 1 aromatic carbocycles. The molecule has 1 fully saturated rings. The Labute approximate surface area is 152 Å². The van der Waals surface area contributed by atoms with E-state index in [-0.39, 0.29) is 11.4 Å². The number of aryl methyl sites for hydroxylation is 1. The number of benzene rings is 1. The highest BCUT2D eigenvalue weighted by molar-refractivity contribution is 6.10. The SMILES string of the molecule is Cc1oc2ncnc(NC3(C)CC3)c2c1C(=O)NCCc1ccccc1. The van der Waals surface area contributed by atoms with Crippen LogP contribution in [0.3, 0.4) is 0 Å². The van der Waals surface area contributed by atoms with E-state index in [4.69, 9.17) is 4.42 Å². The van der Waals surface area contributed by atoms with Crippen molar-refractivity contribution in [1.82, 2.24) is 15.3 Å². The number of hydrogen-bond acceptors (Lipinski definition) is 5. The maximum absolute atomic E-state index is 12.8. The van der Waals surface area contributed by atoms with Crippen molar-refractivity contribution in [2.24, 2.45) is 0 Å². The van der Waals surface area contributed by atoms with Crippen LogP contribution in [0.5, 0.6) is 0 Å². The average Bonchev–Trinajstić information content (AvgIpc) is 3.24. The van der Waals surface area contributed by atoms with Crippen LogP contribution in [0, 0.1) is 6.92 Å². The van der Waals surface area contributed by atoms with E-state index in [2.05, 4.69) is 39.7 Å². The highest BCUT2D eigenvalue weighted by Crippen LogP contribution is 2.40. The van der Waals surface area contributed by atoms with Crippen molar-refractivity contribution >= 4 is 22.8 Å². The molecule has 2 aromatic heterocycles. The van der Waals surface area contributed by atoms with Crippen molar-refractivity contribution in [2.75, 3.05) is 11.9 Å². The highest BCUT2D eigenvalue weighted by Gasteiger charge is 2.38. The Balaban J connectivity index is 1.56. The molecule has 1 saturated carbocycles. The standard InChI is InChI=1S/C20H22N4O2/c1-13-15(18(25)21-11-8-14-6-4-3-5-7-14)16-17(24-20(2)9-10-20)22-12-23-19(16)26-13/h3-7,12H,8-11H2,1-2H3,(H,21,25)(H,22,23,24). The second-order valence-corrected chi connectivity index (χ2v) is 7.11. The van der Waals surface area contributed by atoms with Gasteiger partial charge in [0.25, 0.3) is 5.91 Å². The Kier molecular flexibility index (Phi) is 4.11. The molecule has 1 amide bonds. The zero-order valence-electron chi connectivity index (χ0n) is 15.0. The minimum Gasteiger partial charge on any atom is -0.442 e. The van der Waals surface area contributed by atoms with Crippen molar-refractivity contribution in [3.05, 3.63) is 53.5 Å². The largest absolute Gasteiger partial charge is 0.442 e. The molecule has 3 aromatic rings. The van der Waals surface area contributed by atoms with E-state index in [9.17, 15) is 4.79 Å². The molecule has 0 saturated heterocycles. The molecule has 0 bridgehead atoms. The smallest absolute Gasteiger partial charge is 0.255 e. The van der Waals surface area contributed by atoms with E-state index < -0.39 is 0 Å². The minimum atomic E-state index is -0.156. The van der Waals surface area contributed by atoms with Gasteiger partial charge in [0.15, 0.2) is 0 Å². The van der Waals surface area contributed by atoms with E-state index in [1.54, 1.807) is 6.92 Å². The summed E-state index contributed by atoms with van der Waals surface area (Å²) in [4.78, 5) is 21.4. The van der Waals surface area contributed by atoms with Crippen LogP contribution in [-0.4, -0.2) is 28.0 Å². The first-order chi connectivity index (χ1) is 12.6. The van der Waals surface area contributed by atoms with Gasteiger partial charge in [0.05, 0.1) is 10.9 Å². The van der Waals surface area contributed by atoms with Gasteiger partial charge in [-0.15, -0.1) is 0 Å². The second-order valence-electron chi connectivity index (χ2n) is 7.11. The van der Waals surface area contributed by atoms with Crippen LogP contribution in [0.15, 0.2) is 41.1 Å². The molecule has 1 aliphatic carbocycles. The first kappa shape index (κ1) is 16.6. The lowest BCUT2D eigenvalue weighted by molar-refractivity contribution is 0.0954. The molecular formula is C20H22N4O2. The first-order valence-electron chi connectivity index (χ1n) is 8.90. The predicted octanol–water partition coefficient (Wildman–Crippen LogP) is 3.47. The molecular weight excluding hydrogens is 328 g/mol. The molecule has 0 aliphatic heterocycles. The van der Waals surface area contributed by atoms with E-state index >= 15 is 0 Å². The maximum Gasteiger partial charge on any atom is 0.255 e. The van der Waals surface area contributed by atoms with Crippen molar-refractivity contribution in [3.8, 4) is 0 Å². The third kappa shape index (κ3) is 3.27. The monoisotopic (exact) mass is 350 g/mol. The third-order valence-electron chi connectivity index (χ3n) is 4.85. The molecule has 2 N–H and O–H groups in total. The predicted molar refractivity (Wildman–Crippen MR) is 100 cm³/mol. The van der Waals surface area contributed by atoms with Gasteiger partial charge < -0.3 is 15.1 Å². The van der Waals surface area contributed by atoms with Crippen molar-refractivity contribution < 1.29 is 9.21 Å². The van der Waals surface area contributed by atoms with Gasteiger partial charge in [0.1, 0.15) is 17.9 Å². The summed E-state index contributed by atoms with van der Waals surface area (Å²) in [6, 6.07) is 10.1. The lowest BCUT2D eigenvalue weighted by Crippen LogP contribution is -2.26. The number of nitrogens with one attached hydrogen (secondary N) is 2. The number of aromatic nitrogens is 2. The van der Waals surface area contributed by atoms with Crippen LogP contribution in [0.25, 0.3) is 11.1 Å². The van der Waals surface area contributed by atoms with E-state index in [0.29, 0.717) is 34.8 Å². The number of amides is 1. The number of furan rings is 1. The quantitative estimate of drug-likeness (QED) is 0.711. The zero-order chi connectivity index (χ0) is 18.1. The van der Waals surface area contributed by atoms with Gasteiger partial charge in [0.2, 0.25) is 5.71 Å². The van der Waals surface area contributed by atoms with Crippen molar-refractivity contribution in [2.45, 2.75) is 38.6 Å². The molecule has 134 valence electrons. The lowest BCUT2D eigenvalue weighted by atomic mass is 10.1. The fraction of sp³-hybridized carbons (Fsp3) is 0.350. The molecule has 1 aliphatic rings. The van der Waals surface area contributed by atoms with Crippen LogP contribution >= 0.6 is 0 Å². The molecule has 26 heavy (non-hydrogen) atoms. The molecule has 0 unspecified atom stereocenters. The van der Waals surface area contributed by atoms with Crippen LogP contribution in [-0.2, 0) is 6.42 Å². The number of fused-ring (bicyclic) bond motifs is 1. The first-order valence-corrected chi connectivity index (χ1v) is 8.90. The van der Waals surface area contributed by atoms with Crippen LogP contribution in [0.2, 0.25) is 0 Å². The Morgan fingerprint density at radius 2 is 2.00 bits per heavy atom. The molecule has 2 heterocycles. The summed E-state index contributed by atoms with van der Waals surface area (Å²) >= 11 is 0.